The molecule has 1 unspecified atom stereocenters. The van der Waals surface area contributed by atoms with Gasteiger partial charge in [0, 0.05) is 6.04 Å². The van der Waals surface area contributed by atoms with E-state index in [0.717, 1.165) is 12.8 Å². The molecule has 0 radical (unpaired) electrons. The predicted octanol–water partition coefficient (Wildman–Crippen LogP) is -1.50. The van der Waals surface area contributed by atoms with Gasteiger partial charge in [0.15, 0.2) is 0 Å². The molecule has 1 saturated carbocycles. The first-order valence-electron chi connectivity index (χ1n) is 4.73. The van der Waals surface area contributed by atoms with Crippen LogP contribution in [-0.2, 0) is 4.79 Å². The van der Waals surface area contributed by atoms with Crippen LogP contribution in [0.4, 0.5) is 0 Å². The van der Waals surface area contributed by atoms with Gasteiger partial charge in [0.1, 0.15) is 6.04 Å². The first-order chi connectivity index (χ1) is 5.74. The maximum absolute atomic E-state index is 10.7. The zero-order chi connectivity index (χ0) is 8.97. The number of rotatable bonds is 4. The fourth-order valence-electron chi connectivity index (χ4n) is 1.74. The second kappa shape index (κ2) is 6.82. The van der Waals surface area contributed by atoms with Crippen molar-refractivity contribution in [1.29, 1.82) is 0 Å². The van der Waals surface area contributed by atoms with Gasteiger partial charge in [0.25, 0.3) is 0 Å². The Bertz CT molecular complexity index is 163. The molecular formula is C9H18NNaO2. The van der Waals surface area contributed by atoms with E-state index in [0.29, 0.717) is 12.5 Å². The topological polar surface area (TPSA) is 49.3 Å². The van der Waals surface area contributed by atoms with Crippen molar-refractivity contribution in [2.24, 2.45) is 0 Å². The van der Waals surface area contributed by atoms with Gasteiger partial charge < -0.3 is 11.8 Å². The van der Waals surface area contributed by atoms with Crippen LogP contribution >= 0.6 is 0 Å². The van der Waals surface area contributed by atoms with E-state index in [1.54, 1.807) is 0 Å². The summed E-state index contributed by atoms with van der Waals surface area (Å²) in [4.78, 5) is 10.7. The largest absolute Gasteiger partial charge is 1.00 e. The van der Waals surface area contributed by atoms with Gasteiger partial charge in [0.05, 0.1) is 0 Å². The number of hydrogen-bond acceptors (Lipinski definition) is 2. The minimum absolute atomic E-state index is 0. The number of carbonyl (C=O) groups is 1. The molecule has 1 rings (SSSR count). The van der Waals surface area contributed by atoms with Crippen LogP contribution in [0.25, 0.3) is 0 Å². The first-order valence-corrected chi connectivity index (χ1v) is 4.73. The van der Waals surface area contributed by atoms with Gasteiger partial charge in [0.2, 0.25) is 0 Å². The van der Waals surface area contributed by atoms with Crippen LogP contribution in [0.15, 0.2) is 0 Å². The number of carboxylic acids is 1. The van der Waals surface area contributed by atoms with Crippen LogP contribution in [0.5, 0.6) is 0 Å². The van der Waals surface area contributed by atoms with Gasteiger partial charge in [-0.2, -0.15) is 0 Å². The van der Waals surface area contributed by atoms with Crippen molar-refractivity contribution in [2.75, 3.05) is 0 Å². The van der Waals surface area contributed by atoms with E-state index in [9.17, 15) is 4.79 Å². The van der Waals surface area contributed by atoms with Crippen molar-refractivity contribution in [1.82, 2.24) is 5.32 Å². The summed E-state index contributed by atoms with van der Waals surface area (Å²) in [6.07, 6.45) is 5.45. The second-order valence-corrected chi connectivity index (χ2v) is 3.45. The van der Waals surface area contributed by atoms with E-state index in [4.69, 9.17) is 5.11 Å². The van der Waals surface area contributed by atoms with Crippen molar-refractivity contribution in [3.63, 3.8) is 0 Å². The van der Waals surface area contributed by atoms with Gasteiger partial charge in [-0.15, -0.1) is 0 Å². The SMILES string of the molecule is CCC(NC1CCCC1)C(=O)O.[H-].[Na+]. The summed E-state index contributed by atoms with van der Waals surface area (Å²) in [5.74, 6) is -0.718. The minimum atomic E-state index is -0.718. The summed E-state index contributed by atoms with van der Waals surface area (Å²) in [5.41, 5.74) is 0. The molecule has 0 aromatic carbocycles. The summed E-state index contributed by atoms with van der Waals surface area (Å²) in [5, 5.41) is 11.9. The van der Waals surface area contributed by atoms with Crippen LogP contribution in [-0.4, -0.2) is 23.2 Å². The van der Waals surface area contributed by atoms with Crippen LogP contribution in [0.2, 0.25) is 0 Å². The van der Waals surface area contributed by atoms with Gasteiger partial charge in [-0.3, -0.25) is 4.79 Å². The molecule has 0 aromatic rings. The van der Waals surface area contributed by atoms with E-state index in [2.05, 4.69) is 5.32 Å². The number of nitrogens with one attached hydrogen (secondary N) is 1. The van der Waals surface area contributed by atoms with E-state index in [1.807, 2.05) is 6.92 Å². The van der Waals surface area contributed by atoms with Crippen LogP contribution in [0.1, 0.15) is 40.5 Å². The number of hydrogen-bond donors (Lipinski definition) is 2. The fraction of sp³-hybridized carbons (Fsp3) is 0.889. The van der Waals surface area contributed by atoms with Gasteiger partial charge in [-0.05, 0) is 19.3 Å². The third-order valence-electron chi connectivity index (χ3n) is 2.50. The smallest absolute Gasteiger partial charge is 1.00 e. The Morgan fingerprint density at radius 1 is 1.62 bits per heavy atom. The van der Waals surface area contributed by atoms with Crippen LogP contribution < -0.4 is 34.9 Å². The molecule has 3 nitrogen and oxygen atoms in total. The zero-order valence-corrected chi connectivity index (χ0v) is 10.5. The molecule has 1 aliphatic rings. The third kappa shape index (κ3) is 4.45. The summed E-state index contributed by atoms with van der Waals surface area (Å²) in [6.45, 7) is 1.90. The first kappa shape index (κ1) is 13.4. The monoisotopic (exact) mass is 195 g/mol. The molecule has 0 spiro atoms. The average Bonchev–Trinajstić information content (AvgIpc) is 2.51. The van der Waals surface area contributed by atoms with Crippen molar-refractivity contribution in [3.05, 3.63) is 0 Å². The molecule has 0 heterocycles. The van der Waals surface area contributed by atoms with Crippen molar-refractivity contribution < 1.29 is 40.9 Å². The number of carboxylic acid groups (broad SMARTS) is 1. The molecule has 0 bridgehead atoms. The second-order valence-electron chi connectivity index (χ2n) is 3.45. The Morgan fingerprint density at radius 3 is 2.54 bits per heavy atom. The Hall–Kier alpha value is 0.430. The molecule has 1 fully saturated rings. The summed E-state index contributed by atoms with van der Waals surface area (Å²) in [6, 6.07) is 0.110. The normalized spacial score (nSPS) is 19.5. The average molecular weight is 195 g/mol. The molecule has 13 heavy (non-hydrogen) atoms. The predicted molar refractivity (Wildman–Crippen MR) is 48.2 cm³/mol. The number of aliphatic carboxylic acids is 1. The van der Waals surface area contributed by atoms with E-state index >= 15 is 0 Å². The molecule has 1 aliphatic carbocycles. The molecule has 2 N–H and O–H groups in total. The molecule has 4 heteroatoms. The van der Waals surface area contributed by atoms with Crippen molar-refractivity contribution in [2.45, 2.75) is 51.1 Å². The maximum Gasteiger partial charge on any atom is 1.00 e. The molecule has 0 amide bonds. The zero-order valence-electron chi connectivity index (χ0n) is 9.55. The van der Waals surface area contributed by atoms with E-state index in [1.165, 1.54) is 12.8 Å². The molecule has 0 aliphatic heterocycles. The Morgan fingerprint density at radius 2 is 2.15 bits per heavy atom. The Balaban J connectivity index is 0. The third-order valence-corrected chi connectivity index (χ3v) is 2.50. The molecule has 0 aromatic heterocycles. The van der Waals surface area contributed by atoms with Crippen LogP contribution in [0.3, 0.4) is 0 Å². The molecule has 1 atom stereocenters. The van der Waals surface area contributed by atoms with E-state index in [-0.39, 0.29) is 37.0 Å². The molecule has 0 saturated heterocycles. The molecular weight excluding hydrogens is 177 g/mol. The van der Waals surface area contributed by atoms with Crippen molar-refractivity contribution in [3.8, 4) is 0 Å². The fourth-order valence-corrected chi connectivity index (χ4v) is 1.74. The van der Waals surface area contributed by atoms with Gasteiger partial charge in [-0.25, -0.2) is 0 Å². The molecule has 72 valence electrons. The van der Waals surface area contributed by atoms with Gasteiger partial charge >= 0.3 is 35.5 Å². The van der Waals surface area contributed by atoms with Crippen molar-refractivity contribution >= 4 is 5.97 Å². The van der Waals surface area contributed by atoms with Crippen LogP contribution in [0, 0.1) is 0 Å². The van der Waals surface area contributed by atoms with Gasteiger partial charge in [-0.1, -0.05) is 19.8 Å². The minimum Gasteiger partial charge on any atom is -1.00 e. The standard InChI is InChI=1S/C9H17NO2.Na.H/c1-2-8(9(11)12)10-7-5-3-4-6-7;;/h7-8,10H,2-6H2,1H3,(H,11,12);;/q;+1;-1. The quantitative estimate of drug-likeness (QED) is 0.537. The summed E-state index contributed by atoms with van der Waals surface area (Å²) >= 11 is 0. The van der Waals surface area contributed by atoms with E-state index < -0.39 is 5.97 Å². The maximum atomic E-state index is 10.7. The Labute approximate surface area is 103 Å². The summed E-state index contributed by atoms with van der Waals surface area (Å²) in [7, 11) is 0. The Kier molecular flexibility index (Phi) is 7.05. The summed E-state index contributed by atoms with van der Waals surface area (Å²) < 4.78 is 0.